The zero-order chi connectivity index (χ0) is 21.8. The maximum atomic E-state index is 13.0. The molecular weight excluding hydrogens is 388 g/mol. The molecule has 1 unspecified atom stereocenters. The van der Waals surface area contributed by atoms with Crippen molar-refractivity contribution in [3.8, 4) is 5.75 Å². The van der Waals surface area contributed by atoms with Gasteiger partial charge >= 0.3 is 0 Å². The number of ether oxygens (including phenoxy) is 1. The Kier molecular flexibility index (Phi) is 6.59. The zero-order valence-electron chi connectivity index (χ0n) is 18.6. The summed E-state index contributed by atoms with van der Waals surface area (Å²) in [5.74, 6) is 1.22. The van der Waals surface area contributed by atoms with Gasteiger partial charge < -0.3 is 14.5 Å². The number of amides is 2. The minimum absolute atomic E-state index is 0.0888. The molecule has 2 aromatic rings. The van der Waals surface area contributed by atoms with Crippen LogP contribution >= 0.6 is 0 Å². The van der Waals surface area contributed by atoms with E-state index in [1.165, 1.54) is 5.56 Å². The summed E-state index contributed by atoms with van der Waals surface area (Å²) in [4.78, 5) is 29.5. The van der Waals surface area contributed by atoms with Crippen LogP contribution in [0.25, 0.3) is 0 Å². The van der Waals surface area contributed by atoms with Crippen LogP contribution < -0.4 is 4.74 Å². The van der Waals surface area contributed by atoms with E-state index in [0.29, 0.717) is 24.6 Å². The van der Waals surface area contributed by atoms with E-state index < -0.39 is 0 Å². The summed E-state index contributed by atoms with van der Waals surface area (Å²) in [6.45, 7) is 7.79. The summed E-state index contributed by atoms with van der Waals surface area (Å²) in [7, 11) is 0. The summed E-state index contributed by atoms with van der Waals surface area (Å²) in [5, 5.41) is 0. The Bertz CT molecular complexity index is 949. The molecule has 2 heterocycles. The van der Waals surface area contributed by atoms with E-state index in [1.807, 2.05) is 60.0 Å². The number of likely N-dealkylation sites (tertiary alicyclic amines) is 2. The van der Waals surface area contributed by atoms with Crippen molar-refractivity contribution in [3.05, 3.63) is 64.7 Å². The Morgan fingerprint density at radius 2 is 1.71 bits per heavy atom. The third-order valence-electron chi connectivity index (χ3n) is 6.38. The molecule has 0 radical (unpaired) electrons. The van der Waals surface area contributed by atoms with Gasteiger partial charge in [-0.3, -0.25) is 9.59 Å². The molecule has 2 amide bonds. The number of carbonyl (C=O) groups is 2. The number of hydrogen-bond donors (Lipinski definition) is 0. The van der Waals surface area contributed by atoms with E-state index in [2.05, 4.69) is 6.07 Å². The molecule has 164 valence electrons. The quantitative estimate of drug-likeness (QED) is 0.717. The topological polar surface area (TPSA) is 49.9 Å². The van der Waals surface area contributed by atoms with E-state index in [1.54, 1.807) is 0 Å². The largest absolute Gasteiger partial charge is 0.493 e. The van der Waals surface area contributed by atoms with Crippen LogP contribution in [0.5, 0.6) is 5.75 Å². The molecule has 4 rings (SSSR count). The molecule has 0 saturated carbocycles. The Morgan fingerprint density at radius 1 is 0.935 bits per heavy atom. The first-order valence-electron chi connectivity index (χ1n) is 11.4. The van der Waals surface area contributed by atoms with Crippen LogP contribution in [0.1, 0.15) is 57.5 Å². The lowest BCUT2D eigenvalue weighted by atomic mass is 9.97. The van der Waals surface area contributed by atoms with Crippen LogP contribution in [0.4, 0.5) is 0 Å². The Morgan fingerprint density at radius 3 is 2.48 bits per heavy atom. The molecule has 2 aliphatic rings. The first kappa shape index (κ1) is 21.4. The van der Waals surface area contributed by atoms with Crippen molar-refractivity contribution < 1.29 is 14.3 Å². The highest BCUT2D eigenvalue weighted by atomic mass is 16.5. The van der Waals surface area contributed by atoms with Crippen molar-refractivity contribution in [1.82, 2.24) is 9.80 Å². The lowest BCUT2D eigenvalue weighted by molar-refractivity contribution is 0.0631. The van der Waals surface area contributed by atoms with Gasteiger partial charge in [0.25, 0.3) is 11.8 Å². The first-order chi connectivity index (χ1) is 15.0. The number of hydrogen-bond acceptors (Lipinski definition) is 3. The van der Waals surface area contributed by atoms with Gasteiger partial charge in [-0.25, -0.2) is 0 Å². The van der Waals surface area contributed by atoms with E-state index in [0.717, 1.165) is 62.2 Å². The van der Waals surface area contributed by atoms with Gasteiger partial charge in [0.2, 0.25) is 0 Å². The molecule has 0 aromatic heterocycles. The van der Waals surface area contributed by atoms with Crippen LogP contribution in [0.15, 0.2) is 42.5 Å². The second-order valence-electron chi connectivity index (χ2n) is 8.92. The summed E-state index contributed by atoms with van der Waals surface area (Å²) < 4.78 is 6.06. The molecule has 0 aliphatic carbocycles. The zero-order valence-corrected chi connectivity index (χ0v) is 18.6. The van der Waals surface area contributed by atoms with Crippen LogP contribution in [0.2, 0.25) is 0 Å². The second-order valence-corrected chi connectivity index (χ2v) is 8.92. The van der Waals surface area contributed by atoms with E-state index >= 15 is 0 Å². The number of carbonyl (C=O) groups excluding carboxylic acids is 2. The number of benzene rings is 2. The molecule has 2 fully saturated rings. The minimum Gasteiger partial charge on any atom is -0.493 e. The van der Waals surface area contributed by atoms with Gasteiger partial charge in [0, 0.05) is 43.2 Å². The van der Waals surface area contributed by atoms with Gasteiger partial charge in [0.15, 0.2) is 0 Å². The summed E-state index contributed by atoms with van der Waals surface area (Å²) in [6.07, 6.45) is 4.20. The molecular formula is C26H32N2O3. The average molecular weight is 421 g/mol. The third-order valence-corrected chi connectivity index (χ3v) is 6.38. The maximum Gasteiger partial charge on any atom is 0.254 e. The number of piperidine rings is 1. The van der Waals surface area contributed by atoms with Crippen molar-refractivity contribution in [1.29, 1.82) is 0 Å². The highest BCUT2D eigenvalue weighted by Gasteiger charge is 2.26. The van der Waals surface area contributed by atoms with Crippen LogP contribution in [0.3, 0.4) is 0 Å². The molecule has 2 saturated heterocycles. The normalized spacial score (nSPS) is 18.8. The predicted octanol–water partition coefficient (Wildman–Crippen LogP) is 4.47. The van der Waals surface area contributed by atoms with Gasteiger partial charge in [0.05, 0.1) is 6.61 Å². The van der Waals surface area contributed by atoms with Gasteiger partial charge in [-0.05, 0) is 69.4 Å². The molecule has 5 heteroatoms. The number of nitrogens with zero attached hydrogens (tertiary/aromatic N) is 2. The maximum absolute atomic E-state index is 13.0. The van der Waals surface area contributed by atoms with Crippen LogP contribution in [-0.4, -0.2) is 54.4 Å². The molecule has 2 aliphatic heterocycles. The fourth-order valence-electron chi connectivity index (χ4n) is 4.65. The molecule has 31 heavy (non-hydrogen) atoms. The second kappa shape index (κ2) is 9.54. The van der Waals surface area contributed by atoms with Crippen molar-refractivity contribution in [2.24, 2.45) is 5.92 Å². The SMILES string of the molecule is Cc1ccc(C(=O)N2CCCC(COc3cccc(C(=O)N4CCCC4)c3)C2)c(C)c1. The average Bonchev–Trinajstić information content (AvgIpc) is 3.32. The van der Waals surface area contributed by atoms with Gasteiger partial charge in [-0.2, -0.15) is 0 Å². The van der Waals surface area contributed by atoms with Crippen molar-refractivity contribution in [3.63, 3.8) is 0 Å². The van der Waals surface area contributed by atoms with Gasteiger partial charge in [0.1, 0.15) is 5.75 Å². The summed E-state index contributed by atoms with van der Waals surface area (Å²) in [6, 6.07) is 13.5. The minimum atomic E-state index is 0.0888. The monoisotopic (exact) mass is 420 g/mol. The van der Waals surface area contributed by atoms with Crippen LogP contribution in [0, 0.1) is 19.8 Å². The molecule has 0 N–H and O–H groups in total. The fraction of sp³-hybridized carbons (Fsp3) is 0.462. The molecule has 0 bridgehead atoms. The molecule has 2 aromatic carbocycles. The molecule has 0 spiro atoms. The Hall–Kier alpha value is -2.82. The predicted molar refractivity (Wildman–Crippen MR) is 122 cm³/mol. The van der Waals surface area contributed by atoms with E-state index in [-0.39, 0.29) is 11.8 Å². The molecule has 5 nitrogen and oxygen atoms in total. The highest BCUT2D eigenvalue weighted by molar-refractivity contribution is 5.96. The Balaban J connectivity index is 1.35. The summed E-state index contributed by atoms with van der Waals surface area (Å²) >= 11 is 0. The smallest absolute Gasteiger partial charge is 0.254 e. The Labute approximate surface area is 185 Å². The summed E-state index contributed by atoms with van der Waals surface area (Å²) in [5.41, 5.74) is 3.68. The fourth-order valence-corrected chi connectivity index (χ4v) is 4.65. The van der Waals surface area contributed by atoms with Crippen LogP contribution in [-0.2, 0) is 0 Å². The lowest BCUT2D eigenvalue weighted by Crippen LogP contribution is -2.41. The van der Waals surface area contributed by atoms with Gasteiger partial charge in [-0.1, -0.05) is 23.8 Å². The lowest BCUT2D eigenvalue weighted by Gasteiger charge is -2.33. The van der Waals surface area contributed by atoms with Crippen molar-refractivity contribution >= 4 is 11.8 Å². The standard InChI is InChI=1S/C26H32N2O3/c1-19-10-11-24(20(2)15-19)26(30)28-14-6-7-21(17-28)18-31-23-9-5-8-22(16-23)25(29)27-12-3-4-13-27/h5,8-11,15-16,21H,3-4,6-7,12-14,17-18H2,1-2H3. The molecule has 1 atom stereocenters. The van der Waals surface area contributed by atoms with Gasteiger partial charge in [-0.15, -0.1) is 0 Å². The van der Waals surface area contributed by atoms with Crippen molar-refractivity contribution in [2.75, 3.05) is 32.8 Å². The number of aryl methyl sites for hydroxylation is 2. The highest BCUT2D eigenvalue weighted by Crippen LogP contribution is 2.23. The first-order valence-corrected chi connectivity index (χ1v) is 11.4. The van der Waals surface area contributed by atoms with E-state index in [4.69, 9.17) is 4.74 Å². The van der Waals surface area contributed by atoms with Crippen molar-refractivity contribution in [2.45, 2.75) is 39.5 Å². The third kappa shape index (κ3) is 5.09. The van der Waals surface area contributed by atoms with E-state index in [9.17, 15) is 9.59 Å². The number of rotatable bonds is 5.